The zero-order chi connectivity index (χ0) is 20.7. The molecule has 30 heavy (non-hydrogen) atoms. The van der Waals surface area contributed by atoms with Gasteiger partial charge in [-0.3, -0.25) is 14.0 Å². The second kappa shape index (κ2) is 7.20. The fraction of sp³-hybridized carbons (Fsp3) is 0.0952. The first kappa shape index (κ1) is 18.2. The van der Waals surface area contributed by atoms with Gasteiger partial charge in [0, 0.05) is 28.9 Å². The monoisotopic (exact) mass is 421 g/mol. The minimum atomic E-state index is -0.552. The molecule has 1 aliphatic rings. The van der Waals surface area contributed by atoms with Gasteiger partial charge in [0.25, 0.3) is 11.5 Å². The van der Waals surface area contributed by atoms with Crippen molar-refractivity contribution in [2.75, 3.05) is 19.2 Å². The highest BCUT2D eigenvalue weighted by atomic mass is 32.1. The number of benzene rings is 2. The molecule has 150 valence electrons. The quantitative estimate of drug-likeness (QED) is 0.543. The molecule has 8 nitrogen and oxygen atoms in total. The Balaban J connectivity index is 1.53. The number of thiazole rings is 1. The molecule has 0 radical (unpaired) electrons. The molecule has 1 amide bonds. The van der Waals surface area contributed by atoms with Crippen LogP contribution in [0.3, 0.4) is 0 Å². The van der Waals surface area contributed by atoms with Crippen LogP contribution >= 0.6 is 11.3 Å². The zero-order valence-corrected chi connectivity index (χ0v) is 16.6. The average Bonchev–Trinajstić information content (AvgIpc) is 3.41. The first-order chi connectivity index (χ1) is 14.6. The van der Waals surface area contributed by atoms with Crippen LogP contribution < -0.4 is 25.1 Å². The number of aromatic nitrogens is 2. The predicted octanol–water partition coefficient (Wildman–Crippen LogP) is 3.41. The van der Waals surface area contributed by atoms with Gasteiger partial charge in [-0.1, -0.05) is 12.1 Å². The number of methoxy groups -OCH3 is 1. The smallest absolute Gasteiger partial charge is 0.271 e. The Hall–Kier alpha value is -3.85. The van der Waals surface area contributed by atoms with Crippen LogP contribution in [0.1, 0.15) is 10.4 Å². The van der Waals surface area contributed by atoms with Gasteiger partial charge in [-0.15, -0.1) is 11.3 Å². The highest BCUT2D eigenvalue weighted by molar-refractivity contribution is 7.15. The van der Waals surface area contributed by atoms with Crippen molar-refractivity contribution >= 4 is 27.9 Å². The molecular weight excluding hydrogens is 406 g/mol. The number of hydrogen-bond donors (Lipinski definition) is 1. The molecule has 0 saturated carbocycles. The Morgan fingerprint density at radius 3 is 2.93 bits per heavy atom. The number of hydrogen-bond acceptors (Lipinski definition) is 7. The molecule has 9 heteroatoms. The van der Waals surface area contributed by atoms with Crippen LogP contribution in [-0.4, -0.2) is 29.2 Å². The van der Waals surface area contributed by atoms with Gasteiger partial charge >= 0.3 is 0 Å². The molecule has 1 N–H and O–H groups in total. The van der Waals surface area contributed by atoms with Gasteiger partial charge in [0.05, 0.1) is 12.8 Å². The van der Waals surface area contributed by atoms with Crippen LogP contribution in [0.15, 0.2) is 58.8 Å². The lowest BCUT2D eigenvalue weighted by Crippen LogP contribution is -2.26. The molecular formula is C21H15N3O5S. The Morgan fingerprint density at radius 2 is 2.07 bits per heavy atom. The van der Waals surface area contributed by atoms with Crippen LogP contribution in [0.2, 0.25) is 0 Å². The minimum absolute atomic E-state index is 0.0623. The Bertz CT molecular complexity index is 1340. The largest absolute Gasteiger partial charge is 0.497 e. The van der Waals surface area contributed by atoms with Crippen molar-refractivity contribution in [3.05, 3.63) is 70.0 Å². The maximum atomic E-state index is 13.1. The molecule has 2 aromatic carbocycles. The van der Waals surface area contributed by atoms with E-state index in [2.05, 4.69) is 10.3 Å². The van der Waals surface area contributed by atoms with E-state index in [1.807, 2.05) is 29.6 Å². The van der Waals surface area contributed by atoms with E-state index in [1.165, 1.54) is 21.9 Å². The maximum Gasteiger partial charge on any atom is 0.271 e. The summed E-state index contributed by atoms with van der Waals surface area (Å²) in [6.45, 7) is 0.139. The summed E-state index contributed by atoms with van der Waals surface area (Å²) in [5, 5.41) is 4.55. The first-order valence-corrected chi connectivity index (χ1v) is 9.87. The summed E-state index contributed by atoms with van der Waals surface area (Å²) in [7, 11) is 1.58. The van der Waals surface area contributed by atoms with Gasteiger partial charge in [0.15, 0.2) is 16.5 Å². The number of ether oxygens (including phenoxy) is 3. The lowest BCUT2D eigenvalue weighted by atomic mass is 10.1. The Labute approximate surface area is 174 Å². The molecule has 0 spiro atoms. The average molecular weight is 421 g/mol. The van der Waals surface area contributed by atoms with E-state index >= 15 is 0 Å². The van der Waals surface area contributed by atoms with E-state index in [0.717, 1.165) is 5.56 Å². The number of rotatable bonds is 4. The Morgan fingerprint density at radius 1 is 1.20 bits per heavy atom. The highest BCUT2D eigenvalue weighted by Crippen LogP contribution is 2.34. The number of carbonyl (C=O) groups is 1. The van der Waals surface area contributed by atoms with Crippen molar-refractivity contribution in [1.29, 1.82) is 0 Å². The van der Waals surface area contributed by atoms with Gasteiger partial charge < -0.3 is 19.5 Å². The fourth-order valence-electron chi connectivity index (χ4n) is 3.20. The van der Waals surface area contributed by atoms with Crippen molar-refractivity contribution in [3.8, 4) is 28.5 Å². The van der Waals surface area contributed by atoms with Crippen molar-refractivity contribution in [2.24, 2.45) is 0 Å². The molecule has 0 saturated heterocycles. The molecule has 0 aliphatic carbocycles. The van der Waals surface area contributed by atoms with Gasteiger partial charge in [-0.25, -0.2) is 4.98 Å². The van der Waals surface area contributed by atoms with Crippen LogP contribution in [0.25, 0.3) is 16.2 Å². The molecule has 4 aromatic rings. The van der Waals surface area contributed by atoms with Crippen LogP contribution in [0, 0.1) is 0 Å². The third-order valence-corrected chi connectivity index (χ3v) is 5.53. The van der Waals surface area contributed by atoms with Crippen molar-refractivity contribution in [3.63, 3.8) is 0 Å². The van der Waals surface area contributed by atoms with E-state index in [1.54, 1.807) is 25.3 Å². The number of fused-ring (bicyclic) bond motifs is 2. The van der Waals surface area contributed by atoms with Crippen molar-refractivity contribution in [2.45, 2.75) is 0 Å². The summed E-state index contributed by atoms with van der Waals surface area (Å²) in [5.74, 6) is 1.27. The van der Waals surface area contributed by atoms with E-state index < -0.39 is 11.5 Å². The van der Waals surface area contributed by atoms with E-state index in [9.17, 15) is 9.59 Å². The molecule has 0 atom stereocenters. The predicted molar refractivity (Wildman–Crippen MR) is 112 cm³/mol. The van der Waals surface area contributed by atoms with E-state index in [-0.39, 0.29) is 12.4 Å². The van der Waals surface area contributed by atoms with Crippen LogP contribution in [-0.2, 0) is 0 Å². The van der Waals surface area contributed by atoms with Crippen molar-refractivity contribution in [1.82, 2.24) is 9.38 Å². The normalized spacial score (nSPS) is 12.2. The molecule has 5 rings (SSSR count). The van der Waals surface area contributed by atoms with Gasteiger partial charge in [0.1, 0.15) is 11.3 Å². The summed E-state index contributed by atoms with van der Waals surface area (Å²) in [4.78, 5) is 30.7. The van der Waals surface area contributed by atoms with Crippen LogP contribution in [0.4, 0.5) is 5.69 Å². The molecule has 0 unspecified atom stereocenters. The number of nitrogens with zero attached hydrogens (tertiary/aromatic N) is 2. The standard InChI is InChI=1S/C21H15N3O5S/c1-27-14-4-2-3-12(7-14)16-10-30-21-22-9-15(20(26)24(16)21)19(25)23-13-5-6-17-18(8-13)29-11-28-17/h2-10H,11H2,1H3,(H,23,25). The molecule has 0 fully saturated rings. The number of amides is 1. The van der Waals surface area contributed by atoms with Crippen molar-refractivity contribution < 1.29 is 19.0 Å². The second-order valence-corrected chi connectivity index (χ2v) is 7.31. The maximum absolute atomic E-state index is 13.1. The van der Waals surface area contributed by atoms with Crippen LogP contribution in [0.5, 0.6) is 17.2 Å². The number of carbonyl (C=O) groups excluding carboxylic acids is 1. The Kier molecular flexibility index (Phi) is 4.36. The third kappa shape index (κ3) is 3.05. The molecule has 0 bridgehead atoms. The highest BCUT2D eigenvalue weighted by Gasteiger charge is 2.19. The SMILES string of the molecule is COc1cccc(-c2csc3ncc(C(=O)Nc4ccc5c(c4)OCO5)c(=O)n23)c1. The fourth-order valence-corrected chi connectivity index (χ4v) is 4.06. The summed E-state index contributed by atoms with van der Waals surface area (Å²) in [6, 6.07) is 12.4. The summed E-state index contributed by atoms with van der Waals surface area (Å²) < 4.78 is 17.3. The van der Waals surface area contributed by atoms with Gasteiger partial charge in [-0.05, 0) is 24.3 Å². The van der Waals surface area contributed by atoms with E-state index in [0.29, 0.717) is 33.6 Å². The second-order valence-electron chi connectivity index (χ2n) is 6.47. The summed E-state index contributed by atoms with van der Waals surface area (Å²) in [5.41, 5.74) is 1.42. The van der Waals surface area contributed by atoms with E-state index in [4.69, 9.17) is 14.2 Å². The van der Waals surface area contributed by atoms with Gasteiger partial charge in [0.2, 0.25) is 6.79 Å². The lowest BCUT2D eigenvalue weighted by Gasteiger charge is -2.07. The van der Waals surface area contributed by atoms with Gasteiger partial charge in [-0.2, -0.15) is 0 Å². The lowest BCUT2D eigenvalue weighted by molar-refractivity contribution is 0.102. The minimum Gasteiger partial charge on any atom is -0.497 e. The molecule has 1 aliphatic heterocycles. The molecule has 3 heterocycles. The first-order valence-electron chi connectivity index (χ1n) is 8.99. The number of anilines is 1. The number of nitrogens with one attached hydrogen (secondary N) is 1. The zero-order valence-electron chi connectivity index (χ0n) is 15.7. The topological polar surface area (TPSA) is 91.2 Å². The summed E-state index contributed by atoms with van der Waals surface area (Å²) in [6.07, 6.45) is 1.30. The third-order valence-electron chi connectivity index (χ3n) is 4.69. The summed E-state index contributed by atoms with van der Waals surface area (Å²) >= 11 is 1.32. The molecule has 2 aromatic heterocycles.